The summed E-state index contributed by atoms with van der Waals surface area (Å²) >= 11 is 0. The highest BCUT2D eigenvalue weighted by molar-refractivity contribution is 7.97. The van der Waals surface area contributed by atoms with E-state index in [1.807, 2.05) is 0 Å². The van der Waals surface area contributed by atoms with Gasteiger partial charge in [0.25, 0.3) is 0 Å². The third-order valence-corrected chi connectivity index (χ3v) is 8.76. The molecule has 3 aromatic rings. The van der Waals surface area contributed by atoms with Crippen molar-refractivity contribution in [3.05, 3.63) is 65.5 Å². The molecule has 11 heteroatoms. The fourth-order valence-corrected chi connectivity index (χ4v) is 6.74. The molecule has 0 N–H and O–H groups in total. The minimum Gasteiger partial charge on any atom is -0.744 e. The van der Waals surface area contributed by atoms with E-state index in [4.69, 9.17) is 4.74 Å². The Bertz CT molecular complexity index is 1280. The molecule has 1 aliphatic rings. The highest BCUT2D eigenvalue weighted by atomic mass is 32.2. The van der Waals surface area contributed by atoms with Gasteiger partial charge >= 0.3 is 0 Å². The maximum Gasteiger partial charge on any atom is 0.200 e. The molecule has 1 heterocycles. The van der Waals surface area contributed by atoms with Crippen LogP contribution in [0.3, 0.4) is 0 Å². The Morgan fingerprint density at radius 1 is 0.857 bits per heavy atom. The van der Waals surface area contributed by atoms with Gasteiger partial charge in [0.15, 0.2) is 28.2 Å². The number of halogens is 5. The molecule has 3 aromatic carbocycles. The molecule has 0 saturated carbocycles. The lowest BCUT2D eigenvalue weighted by atomic mass is 10.1. The van der Waals surface area contributed by atoms with Gasteiger partial charge < -0.3 is 9.29 Å². The molecule has 4 nitrogen and oxygen atoms in total. The number of unbranched alkanes of at least 4 members (excludes halogenated alkanes) is 1. The van der Waals surface area contributed by atoms with Gasteiger partial charge in [0.05, 0.1) is 6.61 Å². The van der Waals surface area contributed by atoms with Crippen molar-refractivity contribution >= 4 is 31.8 Å². The highest BCUT2D eigenvalue weighted by Crippen LogP contribution is 2.34. The monoisotopic (exact) mass is 534 g/mol. The number of hydrogen-bond acceptors (Lipinski definition) is 4. The topological polar surface area (TPSA) is 66.4 Å². The van der Waals surface area contributed by atoms with Crippen LogP contribution in [-0.2, 0) is 21.0 Å². The Labute approximate surface area is 203 Å². The number of ether oxygens (including phenoxy) is 1. The standard InChI is InChI=1S/C18H23OS.C6HF5O3S/c1-2-3-12-19-17-10-11-18(20-13-6-7-14-20)16-9-5-4-8-15(16)17;7-1-2(8)4(10)6(15(12,13)14)5(11)3(1)9/h4-5,8-11H,2-3,6-7,12-14H2,1H3;(H,12,13,14)/q+1;/p-1. The zero-order valence-electron chi connectivity index (χ0n) is 18.8. The molecule has 4 rings (SSSR count). The smallest absolute Gasteiger partial charge is 0.200 e. The summed E-state index contributed by atoms with van der Waals surface area (Å²) < 4.78 is 98.9. The van der Waals surface area contributed by atoms with Crippen molar-refractivity contribution in [1.82, 2.24) is 0 Å². The first-order chi connectivity index (χ1) is 16.6. The van der Waals surface area contributed by atoms with Crippen LogP contribution < -0.4 is 4.74 Å². The van der Waals surface area contributed by atoms with Crippen LogP contribution in [0, 0.1) is 29.1 Å². The molecule has 0 radical (unpaired) electrons. The molecule has 0 amide bonds. The average Bonchev–Trinajstić information content (AvgIpc) is 3.36. The molecular weight excluding hydrogens is 511 g/mol. The van der Waals surface area contributed by atoms with Crippen LogP contribution in [0.1, 0.15) is 32.6 Å². The van der Waals surface area contributed by atoms with Gasteiger partial charge in [-0.1, -0.05) is 31.5 Å². The fraction of sp³-hybridized carbons (Fsp3) is 0.333. The summed E-state index contributed by atoms with van der Waals surface area (Å²) in [6.07, 6.45) is 5.10. The predicted octanol–water partition coefficient (Wildman–Crippen LogP) is 6.08. The number of hydrogen-bond donors (Lipinski definition) is 0. The Hall–Kier alpha value is -2.37. The van der Waals surface area contributed by atoms with Crippen molar-refractivity contribution in [1.29, 1.82) is 0 Å². The van der Waals surface area contributed by atoms with Crippen LogP contribution in [0.2, 0.25) is 0 Å². The normalized spacial score (nSPS) is 14.1. The molecule has 190 valence electrons. The second-order valence-electron chi connectivity index (χ2n) is 7.77. The van der Waals surface area contributed by atoms with E-state index in [0.29, 0.717) is 10.9 Å². The Kier molecular flexibility index (Phi) is 9.00. The van der Waals surface area contributed by atoms with E-state index in [-0.39, 0.29) is 0 Å². The maximum atomic E-state index is 12.6. The van der Waals surface area contributed by atoms with Crippen molar-refractivity contribution in [2.24, 2.45) is 0 Å². The number of fused-ring (bicyclic) bond motifs is 1. The van der Waals surface area contributed by atoms with Gasteiger partial charge in [-0.05, 0) is 37.5 Å². The summed E-state index contributed by atoms with van der Waals surface area (Å²) in [5, 5.41) is 2.70. The molecule has 1 saturated heterocycles. The quantitative estimate of drug-likeness (QED) is 0.0961. The number of benzene rings is 3. The van der Waals surface area contributed by atoms with Crippen LogP contribution in [0.15, 0.2) is 46.2 Å². The summed E-state index contributed by atoms with van der Waals surface area (Å²) in [6.45, 7) is 3.03. The van der Waals surface area contributed by atoms with Crippen molar-refractivity contribution in [3.63, 3.8) is 0 Å². The van der Waals surface area contributed by atoms with E-state index in [1.54, 1.807) is 4.90 Å². The fourth-order valence-electron chi connectivity index (χ4n) is 3.63. The lowest BCUT2D eigenvalue weighted by Gasteiger charge is -2.11. The predicted molar refractivity (Wildman–Crippen MR) is 123 cm³/mol. The van der Waals surface area contributed by atoms with Crippen LogP contribution >= 0.6 is 0 Å². The van der Waals surface area contributed by atoms with Gasteiger partial charge in [-0.15, -0.1) is 0 Å². The minimum absolute atomic E-state index is 0.464. The van der Waals surface area contributed by atoms with E-state index in [0.717, 1.165) is 18.8 Å². The first-order valence-corrected chi connectivity index (χ1v) is 13.8. The van der Waals surface area contributed by atoms with Crippen molar-refractivity contribution in [3.8, 4) is 5.75 Å². The first-order valence-electron chi connectivity index (χ1n) is 10.9. The average molecular weight is 535 g/mol. The summed E-state index contributed by atoms with van der Waals surface area (Å²) in [6, 6.07) is 13.3. The van der Waals surface area contributed by atoms with Crippen LogP contribution in [-0.4, -0.2) is 31.1 Å². The van der Waals surface area contributed by atoms with Gasteiger partial charge in [-0.3, -0.25) is 0 Å². The van der Waals surface area contributed by atoms with E-state index >= 15 is 0 Å². The van der Waals surface area contributed by atoms with E-state index in [1.165, 1.54) is 41.5 Å². The molecule has 0 atom stereocenters. The van der Waals surface area contributed by atoms with Gasteiger partial charge in [0.1, 0.15) is 32.3 Å². The first kappa shape index (κ1) is 27.2. The minimum atomic E-state index is -5.77. The largest absolute Gasteiger partial charge is 0.744 e. The molecule has 0 aromatic heterocycles. The molecule has 1 aliphatic heterocycles. The second-order valence-corrected chi connectivity index (χ2v) is 11.3. The molecule has 0 unspecified atom stereocenters. The van der Waals surface area contributed by atoms with Gasteiger partial charge in [0.2, 0.25) is 5.82 Å². The molecule has 0 aliphatic carbocycles. The molecule has 0 spiro atoms. The Morgan fingerprint density at radius 2 is 1.40 bits per heavy atom. The van der Waals surface area contributed by atoms with E-state index in [9.17, 15) is 34.9 Å². The van der Waals surface area contributed by atoms with Crippen LogP contribution in [0.5, 0.6) is 5.75 Å². The zero-order valence-corrected chi connectivity index (χ0v) is 20.4. The van der Waals surface area contributed by atoms with Gasteiger partial charge in [-0.25, -0.2) is 30.4 Å². The van der Waals surface area contributed by atoms with Gasteiger partial charge in [-0.2, -0.15) is 0 Å². The lowest BCUT2D eigenvalue weighted by molar-refractivity contribution is 0.313. The van der Waals surface area contributed by atoms with Crippen molar-refractivity contribution in [2.45, 2.75) is 42.4 Å². The summed E-state index contributed by atoms with van der Waals surface area (Å²) in [5.74, 6) is -9.02. The van der Waals surface area contributed by atoms with Crippen molar-refractivity contribution in [2.75, 3.05) is 18.1 Å². The molecule has 0 bridgehead atoms. The van der Waals surface area contributed by atoms with Crippen molar-refractivity contribution < 1.29 is 39.7 Å². The third kappa shape index (κ3) is 6.07. The number of rotatable bonds is 6. The van der Waals surface area contributed by atoms with Crippen LogP contribution in [0.25, 0.3) is 10.8 Å². The van der Waals surface area contributed by atoms with Crippen LogP contribution in [0.4, 0.5) is 22.0 Å². The van der Waals surface area contributed by atoms with Gasteiger partial charge in [0, 0.05) is 21.7 Å². The second kappa shape index (κ2) is 11.6. The lowest BCUT2D eigenvalue weighted by Crippen LogP contribution is -2.12. The summed E-state index contributed by atoms with van der Waals surface area (Å²) in [4.78, 5) is -0.820. The molecule has 35 heavy (non-hydrogen) atoms. The maximum absolute atomic E-state index is 12.6. The highest BCUT2D eigenvalue weighted by Gasteiger charge is 2.30. The summed E-state index contributed by atoms with van der Waals surface area (Å²) in [5.41, 5.74) is 0. The Balaban J connectivity index is 0.000000205. The Morgan fingerprint density at radius 3 is 1.94 bits per heavy atom. The summed E-state index contributed by atoms with van der Waals surface area (Å²) in [7, 11) is -5.31. The van der Waals surface area contributed by atoms with E-state index < -0.39 is 44.1 Å². The van der Waals surface area contributed by atoms with E-state index in [2.05, 4.69) is 43.3 Å². The molecular formula is C24H23F5O4S2. The third-order valence-electron chi connectivity index (χ3n) is 5.36. The zero-order chi connectivity index (χ0) is 25.8. The SMILES string of the molecule is CCCCOc1ccc([S+]2CCCC2)c2ccccc12.O=S(=O)([O-])c1c(F)c(F)c(F)c(F)c1F. The molecule has 1 fully saturated rings.